The van der Waals surface area contributed by atoms with Crippen molar-refractivity contribution in [3.05, 3.63) is 0 Å². The molecule has 3 atom stereocenters. The molecule has 3 heteroatoms. The second kappa shape index (κ2) is 2.98. The van der Waals surface area contributed by atoms with E-state index < -0.39 is 11.6 Å². The predicted octanol–water partition coefficient (Wildman–Crippen LogP) is 1.40. The Bertz CT molecular complexity index is 226. The van der Waals surface area contributed by atoms with Crippen molar-refractivity contribution in [2.24, 2.45) is 11.8 Å². The first-order valence-electron chi connectivity index (χ1n) is 5.08. The first-order chi connectivity index (χ1) is 6.13. The Morgan fingerprint density at radius 2 is 2.08 bits per heavy atom. The minimum absolute atomic E-state index is 0.0116. The molecule has 0 spiro atoms. The van der Waals surface area contributed by atoms with E-state index >= 15 is 0 Å². The van der Waals surface area contributed by atoms with Gasteiger partial charge >= 0.3 is 5.97 Å². The second-order valence-electron chi connectivity index (χ2n) is 4.50. The largest absolute Gasteiger partial charge is 0.479 e. The van der Waals surface area contributed by atoms with Crippen LogP contribution in [0.1, 0.15) is 38.5 Å². The summed E-state index contributed by atoms with van der Waals surface area (Å²) >= 11 is 0. The number of aliphatic carboxylic acids is 1. The average Bonchev–Trinajstić information content (AvgIpc) is 2.44. The lowest BCUT2D eigenvalue weighted by Gasteiger charge is -2.28. The molecule has 2 fully saturated rings. The van der Waals surface area contributed by atoms with Gasteiger partial charge in [0.1, 0.15) is 0 Å². The van der Waals surface area contributed by atoms with Crippen LogP contribution in [0.4, 0.5) is 0 Å². The maximum atomic E-state index is 11.0. The van der Waals surface area contributed by atoms with Gasteiger partial charge < -0.3 is 10.2 Å². The third kappa shape index (κ3) is 1.35. The fraction of sp³-hybridized carbons (Fsp3) is 0.900. The fourth-order valence-corrected chi connectivity index (χ4v) is 2.92. The van der Waals surface area contributed by atoms with E-state index in [0.717, 1.165) is 32.1 Å². The lowest BCUT2D eigenvalue weighted by molar-refractivity contribution is -0.165. The van der Waals surface area contributed by atoms with Crippen LogP contribution in [-0.4, -0.2) is 21.8 Å². The van der Waals surface area contributed by atoms with Gasteiger partial charge in [0, 0.05) is 0 Å². The van der Waals surface area contributed by atoms with E-state index in [-0.39, 0.29) is 5.92 Å². The summed E-state index contributed by atoms with van der Waals surface area (Å²) in [5.41, 5.74) is -1.41. The van der Waals surface area contributed by atoms with Gasteiger partial charge in [-0.25, -0.2) is 4.79 Å². The molecular formula is C10H16O3. The number of carbonyl (C=O) groups is 1. The second-order valence-corrected chi connectivity index (χ2v) is 4.50. The SMILES string of the molecule is O=C(O)C1(O)CCCC2CCC1C2. The Balaban J connectivity index is 2.22. The summed E-state index contributed by atoms with van der Waals surface area (Å²) in [4.78, 5) is 11.0. The van der Waals surface area contributed by atoms with E-state index in [1.807, 2.05) is 0 Å². The molecular weight excluding hydrogens is 168 g/mol. The summed E-state index contributed by atoms with van der Waals surface area (Å²) in [7, 11) is 0. The quantitative estimate of drug-likeness (QED) is 0.647. The molecule has 74 valence electrons. The van der Waals surface area contributed by atoms with Gasteiger partial charge in [-0.15, -0.1) is 0 Å². The van der Waals surface area contributed by atoms with Gasteiger partial charge in [0.2, 0.25) is 0 Å². The van der Waals surface area contributed by atoms with E-state index in [9.17, 15) is 9.90 Å². The van der Waals surface area contributed by atoms with Crippen LogP contribution in [0.3, 0.4) is 0 Å². The van der Waals surface area contributed by atoms with Crippen molar-refractivity contribution in [1.29, 1.82) is 0 Å². The molecule has 0 saturated heterocycles. The topological polar surface area (TPSA) is 57.5 Å². The van der Waals surface area contributed by atoms with Crippen molar-refractivity contribution < 1.29 is 15.0 Å². The van der Waals surface area contributed by atoms with Crippen molar-refractivity contribution in [2.75, 3.05) is 0 Å². The molecule has 2 bridgehead atoms. The van der Waals surface area contributed by atoms with E-state index in [1.54, 1.807) is 0 Å². The van der Waals surface area contributed by atoms with Crippen LogP contribution in [0.5, 0.6) is 0 Å². The Morgan fingerprint density at radius 1 is 1.31 bits per heavy atom. The number of aliphatic hydroxyl groups is 1. The van der Waals surface area contributed by atoms with Gasteiger partial charge in [0.15, 0.2) is 5.60 Å². The Morgan fingerprint density at radius 3 is 2.77 bits per heavy atom. The minimum Gasteiger partial charge on any atom is -0.479 e. The Hall–Kier alpha value is -0.570. The van der Waals surface area contributed by atoms with Crippen molar-refractivity contribution in [1.82, 2.24) is 0 Å². The smallest absolute Gasteiger partial charge is 0.335 e. The van der Waals surface area contributed by atoms with Crippen LogP contribution in [0, 0.1) is 11.8 Å². The summed E-state index contributed by atoms with van der Waals surface area (Å²) in [5, 5.41) is 19.0. The first kappa shape index (κ1) is 9.00. The van der Waals surface area contributed by atoms with Crippen LogP contribution >= 0.6 is 0 Å². The highest BCUT2D eigenvalue weighted by Gasteiger charge is 2.48. The van der Waals surface area contributed by atoms with Gasteiger partial charge in [-0.1, -0.05) is 12.8 Å². The fourth-order valence-electron chi connectivity index (χ4n) is 2.92. The lowest BCUT2D eigenvalue weighted by atomic mass is 9.83. The van der Waals surface area contributed by atoms with Gasteiger partial charge in [-0.2, -0.15) is 0 Å². The molecule has 0 aromatic carbocycles. The van der Waals surface area contributed by atoms with Gasteiger partial charge in [0.05, 0.1) is 0 Å². The Labute approximate surface area is 77.8 Å². The molecule has 2 aliphatic carbocycles. The molecule has 0 aliphatic heterocycles. The molecule has 0 aromatic rings. The van der Waals surface area contributed by atoms with Crippen LogP contribution in [-0.2, 0) is 4.79 Å². The van der Waals surface area contributed by atoms with Gasteiger partial charge in [-0.05, 0) is 37.5 Å². The van der Waals surface area contributed by atoms with Crippen molar-refractivity contribution >= 4 is 5.97 Å². The normalized spacial score (nSPS) is 44.4. The minimum atomic E-state index is -1.41. The average molecular weight is 184 g/mol. The zero-order valence-corrected chi connectivity index (χ0v) is 7.70. The number of hydrogen-bond donors (Lipinski definition) is 2. The summed E-state index contributed by atoms with van der Waals surface area (Å²) in [5.74, 6) is -0.323. The van der Waals surface area contributed by atoms with E-state index in [0.29, 0.717) is 12.3 Å². The van der Waals surface area contributed by atoms with E-state index in [4.69, 9.17) is 5.11 Å². The predicted molar refractivity (Wildman–Crippen MR) is 47.3 cm³/mol. The van der Waals surface area contributed by atoms with Crippen LogP contribution in [0.25, 0.3) is 0 Å². The highest BCUT2D eigenvalue weighted by Crippen LogP contribution is 2.45. The number of hydrogen-bond acceptors (Lipinski definition) is 2. The molecule has 0 radical (unpaired) electrons. The molecule has 2 N–H and O–H groups in total. The van der Waals surface area contributed by atoms with Gasteiger partial charge in [0.25, 0.3) is 0 Å². The summed E-state index contributed by atoms with van der Waals surface area (Å²) in [6, 6.07) is 0. The van der Waals surface area contributed by atoms with E-state index in [2.05, 4.69) is 0 Å². The third-order valence-electron chi connectivity index (χ3n) is 3.76. The molecule has 3 unspecified atom stereocenters. The van der Waals surface area contributed by atoms with E-state index in [1.165, 1.54) is 0 Å². The highest BCUT2D eigenvalue weighted by molar-refractivity contribution is 5.77. The zero-order chi connectivity index (χ0) is 9.47. The van der Waals surface area contributed by atoms with Crippen LogP contribution in [0.2, 0.25) is 0 Å². The van der Waals surface area contributed by atoms with Crippen molar-refractivity contribution in [2.45, 2.75) is 44.1 Å². The number of carboxylic acid groups (broad SMARTS) is 1. The monoisotopic (exact) mass is 184 g/mol. The summed E-state index contributed by atoms with van der Waals surface area (Å²) in [6.07, 6.45) is 5.34. The molecule has 2 saturated carbocycles. The number of rotatable bonds is 1. The molecule has 3 nitrogen and oxygen atoms in total. The molecule has 0 amide bonds. The standard InChI is InChI=1S/C10H16O3/c11-9(12)10(13)5-1-2-7-3-4-8(10)6-7/h7-8,13H,1-6H2,(H,11,12). The molecule has 0 heterocycles. The van der Waals surface area contributed by atoms with Crippen LogP contribution < -0.4 is 0 Å². The highest BCUT2D eigenvalue weighted by atomic mass is 16.4. The Kier molecular flexibility index (Phi) is 2.06. The lowest BCUT2D eigenvalue weighted by Crippen LogP contribution is -2.44. The zero-order valence-electron chi connectivity index (χ0n) is 7.70. The van der Waals surface area contributed by atoms with Crippen LogP contribution in [0.15, 0.2) is 0 Å². The van der Waals surface area contributed by atoms with Crippen molar-refractivity contribution in [3.63, 3.8) is 0 Å². The molecule has 2 aliphatic rings. The summed E-state index contributed by atoms with van der Waals surface area (Å²) in [6.45, 7) is 0. The van der Waals surface area contributed by atoms with Gasteiger partial charge in [-0.3, -0.25) is 0 Å². The molecule has 13 heavy (non-hydrogen) atoms. The molecule has 0 aromatic heterocycles. The third-order valence-corrected chi connectivity index (χ3v) is 3.76. The maximum absolute atomic E-state index is 11.0. The molecule has 2 rings (SSSR count). The number of carboxylic acids is 1. The summed E-state index contributed by atoms with van der Waals surface area (Å²) < 4.78 is 0. The van der Waals surface area contributed by atoms with Crippen molar-refractivity contribution in [3.8, 4) is 0 Å². The maximum Gasteiger partial charge on any atom is 0.335 e. The number of fused-ring (bicyclic) bond motifs is 2. The first-order valence-corrected chi connectivity index (χ1v) is 5.08.